The maximum atomic E-state index is 13.2. The molecule has 2 aromatic carbocycles. The molecule has 0 bridgehead atoms. The zero-order chi connectivity index (χ0) is 13.6. The smallest absolute Gasteiger partial charge is 0.141 e. The van der Waals surface area contributed by atoms with E-state index in [1.165, 1.54) is 6.07 Å². The highest BCUT2D eigenvalue weighted by Crippen LogP contribution is 2.27. The second kappa shape index (κ2) is 4.62. The van der Waals surface area contributed by atoms with Gasteiger partial charge in [-0.05, 0) is 42.8 Å². The highest BCUT2D eigenvalue weighted by atomic mass is 79.9. The van der Waals surface area contributed by atoms with Gasteiger partial charge < -0.3 is 4.98 Å². The van der Waals surface area contributed by atoms with Gasteiger partial charge in [-0.1, -0.05) is 27.5 Å². The molecule has 0 aliphatic carbocycles. The maximum Gasteiger partial charge on any atom is 0.141 e. The number of nitrogens with one attached hydrogen (secondary N) is 1. The van der Waals surface area contributed by atoms with E-state index in [1.54, 1.807) is 12.1 Å². The number of rotatable bonds is 1. The number of hydrogen-bond donors (Lipinski definition) is 1. The average Bonchev–Trinajstić information content (AvgIpc) is 2.76. The van der Waals surface area contributed by atoms with Crippen LogP contribution in [0.15, 0.2) is 34.8 Å². The Balaban J connectivity index is 2.20. The lowest BCUT2D eigenvalue weighted by Crippen LogP contribution is -1.83. The van der Waals surface area contributed by atoms with Crippen LogP contribution >= 0.6 is 27.5 Å². The molecule has 0 aliphatic rings. The van der Waals surface area contributed by atoms with Gasteiger partial charge in [0.2, 0.25) is 0 Å². The van der Waals surface area contributed by atoms with Crippen LogP contribution in [0.3, 0.4) is 0 Å². The van der Waals surface area contributed by atoms with Gasteiger partial charge in [-0.3, -0.25) is 0 Å². The summed E-state index contributed by atoms with van der Waals surface area (Å²) in [7, 11) is 0. The molecule has 1 heterocycles. The van der Waals surface area contributed by atoms with E-state index in [1.807, 2.05) is 19.1 Å². The summed E-state index contributed by atoms with van der Waals surface area (Å²) in [5.74, 6) is 0.249. The molecule has 0 saturated carbocycles. The van der Waals surface area contributed by atoms with Gasteiger partial charge in [-0.15, -0.1) is 0 Å². The molecule has 0 fully saturated rings. The summed E-state index contributed by atoms with van der Waals surface area (Å²) in [6.07, 6.45) is 0. The minimum absolute atomic E-state index is 0.0934. The summed E-state index contributed by atoms with van der Waals surface area (Å²) in [4.78, 5) is 7.75. The minimum atomic E-state index is -0.430. The zero-order valence-corrected chi connectivity index (χ0v) is 12.3. The molecule has 3 rings (SSSR count). The van der Waals surface area contributed by atoms with Crippen LogP contribution in [-0.2, 0) is 0 Å². The lowest BCUT2D eigenvalue weighted by atomic mass is 10.2. The third kappa shape index (κ3) is 2.26. The lowest BCUT2D eigenvalue weighted by Gasteiger charge is -1.98. The van der Waals surface area contributed by atoms with Gasteiger partial charge in [0.25, 0.3) is 0 Å². The van der Waals surface area contributed by atoms with Gasteiger partial charge in [0.15, 0.2) is 0 Å². The third-order valence-corrected chi connectivity index (χ3v) is 3.68. The van der Waals surface area contributed by atoms with Crippen LogP contribution in [0.25, 0.3) is 22.4 Å². The Bertz CT molecular complexity index is 782. The fourth-order valence-electron chi connectivity index (χ4n) is 2.03. The van der Waals surface area contributed by atoms with Crippen molar-refractivity contribution in [1.82, 2.24) is 9.97 Å². The molecule has 2 nitrogen and oxygen atoms in total. The van der Waals surface area contributed by atoms with Gasteiger partial charge in [0.1, 0.15) is 11.6 Å². The van der Waals surface area contributed by atoms with Gasteiger partial charge in [0.05, 0.1) is 16.1 Å². The summed E-state index contributed by atoms with van der Waals surface area (Å²) < 4.78 is 14.2. The maximum absolute atomic E-state index is 13.2. The van der Waals surface area contributed by atoms with Crippen molar-refractivity contribution in [2.24, 2.45) is 0 Å². The topological polar surface area (TPSA) is 28.7 Å². The van der Waals surface area contributed by atoms with Crippen molar-refractivity contribution in [3.8, 4) is 11.4 Å². The largest absolute Gasteiger partial charge is 0.338 e. The first kappa shape index (κ1) is 12.6. The normalized spacial score (nSPS) is 11.2. The first-order valence-corrected chi connectivity index (χ1v) is 6.83. The number of fused-ring (bicyclic) bond motifs is 1. The second-order valence-corrected chi connectivity index (χ2v) is 5.66. The first-order chi connectivity index (χ1) is 9.04. The third-order valence-electron chi connectivity index (χ3n) is 2.93. The number of aromatic amines is 1. The van der Waals surface area contributed by atoms with Crippen molar-refractivity contribution in [3.05, 3.63) is 51.2 Å². The molecule has 0 amide bonds. The summed E-state index contributed by atoms with van der Waals surface area (Å²) in [5, 5.41) is 0.0934. The Hall–Kier alpha value is -1.39. The fraction of sp³-hybridized carbons (Fsp3) is 0.0714. The van der Waals surface area contributed by atoms with E-state index in [-0.39, 0.29) is 5.02 Å². The van der Waals surface area contributed by atoms with Crippen LogP contribution in [0.4, 0.5) is 4.39 Å². The molecular weight excluding hydrogens is 331 g/mol. The van der Waals surface area contributed by atoms with E-state index in [2.05, 4.69) is 25.9 Å². The molecule has 19 heavy (non-hydrogen) atoms. The highest BCUT2D eigenvalue weighted by Gasteiger charge is 2.10. The van der Waals surface area contributed by atoms with Crippen LogP contribution in [0.5, 0.6) is 0 Å². The monoisotopic (exact) mass is 338 g/mol. The summed E-state index contributed by atoms with van der Waals surface area (Å²) in [6.45, 7) is 2.00. The molecule has 5 heteroatoms. The van der Waals surface area contributed by atoms with Crippen LogP contribution in [-0.4, -0.2) is 9.97 Å². The van der Waals surface area contributed by atoms with Crippen molar-refractivity contribution in [1.29, 1.82) is 0 Å². The molecule has 1 N–H and O–H groups in total. The molecule has 0 radical (unpaired) electrons. The van der Waals surface area contributed by atoms with E-state index in [4.69, 9.17) is 11.6 Å². The predicted molar refractivity (Wildman–Crippen MR) is 78.9 cm³/mol. The van der Waals surface area contributed by atoms with E-state index < -0.39 is 5.82 Å². The van der Waals surface area contributed by atoms with Crippen LogP contribution in [0, 0.1) is 12.7 Å². The molecule has 0 unspecified atom stereocenters. The standard InChI is InChI=1S/C14H9BrClFN2/c1-7-4-9(15)6-12-13(7)19-14(18-12)8-2-3-11(17)10(16)5-8/h2-6H,1H3,(H,18,19). The number of imidazole rings is 1. The quantitative estimate of drug-likeness (QED) is 0.657. The summed E-state index contributed by atoms with van der Waals surface area (Å²) in [5.41, 5.74) is 3.67. The Kier molecular flexibility index (Phi) is 3.07. The fourth-order valence-corrected chi connectivity index (χ4v) is 2.78. The molecule has 0 spiro atoms. The van der Waals surface area contributed by atoms with Gasteiger partial charge >= 0.3 is 0 Å². The van der Waals surface area contributed by atoms with Crippen molar-refractivity contribution < 1.29 is 4.39 Å². The molecule has 96 valence electrons. The number of nitrogens with zero attached hydrogens (tertiary/aromatic N) is 1. The number of halogens is 3. The van der Waals surface area contributed by atoms with Crippen molar-refractivity contribution in [3.63, 3.8) is 0 Å². The van der Waals surface area contributed by atoms with Gasteiger partial charge in [-0.25, -0.2) is 9.37 Å². The Morgan fingerprint density at radius 1 is 1.26 bits per heavy atom. The molecule has 0 saturated heterocycles. The van der Waals surface area contributed by atoms with E-state index >= 15 is 0 Å². The molecular formula is C14H9BrClFN2. The Labute approximate surface area is 122 Å². The average molecular weight is 340 g/mol. The van der Waals surface area contributed by atoms with E-state index in [0.29, 0.717) is 5.82 Å². The lowest BCUT2D eigenvalue weighted by molar-refractivity contribution is 0.628. The Morgan fingerprint density at radius 3 is 2.79 bits per heavy atom. The molecule has 0 atom stereocenters. The van der Waals surface area contributed by atoms with Crippen LogP contribution in [0.1, 0.15) is 5.56 Å². The summed E-state index contributed by atoms with van der Waals surface area (Å²) >= 11 is 9.25. The SMILES string of the molecule is Cc1cc(Br)cc2[nH]c(-c3ccc(F)c(Cl)c3)nc12. The van der Waals surface area contributed by atoms with Crippen LogP contribution < -0.4 is 0 Å². The summed E-state index contributed by atoms with van der Waals surface area (Å²) in [6, 6.07) is 8.53. The minimum Gasteiger partial charge on any atom is -0.338 e. The Morgan fingerprint density at radius 2 is 2.05 bits per heavy atom. The molecule has 0 aliphatic heterocycles. The van der Waals surface area contributed by atoms with Crippen molar-refractivity contribution in [2.75, 3.05) is 0 Å². The predicted octanol–water partition coefficient (Wildman–Crippen LogP) is 5.09. The van der Waals surface area contributed by atoms with Crippen molar-refractivity contribution in [2.45, 2.75) is 6.92 Å². The zero-order valence-electron chi connectivity index (χ0n) is 9.97. The number of H-pyrrole nitrogens is 1. The first-order valence-electron chi connectivity index (χ1n) is 5.66. The van der Waals surface area contributed by atoms with E-state index in [9.17, 15) is 4.39 Å². The van der Waals surface area contributed by atoms with Crippen molar-refractivity contribution >= 4 is 38.6 Å². The number of hydrogen-bond acceptors (Lipinski definition) is 1. The highest BCUT2D eigenvalue weighted by molar-refractivity contribution is 9.10. The van der Waals surface area contributed by atoms with Gasteiger partial charge in [0, 0.05) is 10.0 Å². The number of benzene rings is 2. The van der Waals surface area contributed by atoms with Crippen LogP contribution in [0.2, 0.25) is 5.02 Å². The van der Waals surface area contributed by atoms with E-state index in [0.717, 1.165) is 26.6 Å². The second-order valence-electron chi connectivity index (χ2n) is 4.33. The van der Waals surface area contributed by atoms with Gasteiger partial charge in [-0.2, -0.15) is 0 Å². The number of aromatic nitrogens is 2. The number of aryl methyl sites for hydroxylation is 1. The molecule has 1 aromatic heterocycles. The molecule has 3 aromatic rings.